The van der Waals surface area contributed by atoms with E-state index in [1.807, 2.05) is 27.7 Å². The lowest BCUT2D eigenvalue weighted by Crippen LogP contribution is -1.97. The second-order valence-electron chi connectivity index (χ2n) is 16.3. The summed E-state index contributed by atoms with van der Waals surface area (Å²) in [5.74, 6) is 0.908. The molecule has 10 nitrogen and oxygen atoms in total. The number of hydrogen-bond donors (Lipinski definition) is 0. The third-order valence-electron chi connectivity index (χ3n) is 10.8. The van der Waals surface area contributed by atoms with Crippen molar-refractivity contribution in [2.45, 2.75) is 136 Å². The van der Waals surface area contributed by atoms with Crippen molar-refractivity contribution in [3.63, 3.8) is 0 Å². The maximum atomic E-state index is 4.61. The molecule has 0 fully saturated rings. The normalized spacial score (nSPS) is 16.4. The van der Waals surface area contributed by atoms with Crippen molar-refractivity contribution in [2.24, 2.45) is 39.9 Å². The Balaban J connectivity index is 0.000000148. The molecule has 0 aliphatic carbocycles. The maximum Gasteiger partial charge on any atom is 0.155 e. The second-order valence-corrected chi connectivity index (χ2v) is 16.3. The summed E-state index contributed by atoms with van der Waals surface area (Å²) in [5, 5.41) is 0. The summed E-state index contributed by atoms with van der Waals surface area (Å²) in [5.41, 5.74) is 27.0. The first-order valence-corrected chi connectivity index (χ1v) is 19.6. The number of rotatable bonds is 0. The zero-order chi connectivity index (χ0) is 38.8. The van der Waals surface area contributed by atoms with Crippen molar-refractivity contribution in [3.8, 4) is 0 Å². The molecule has 0 amide bonds. The quantitative estimate of drug-likeness (QED) is 0.176. The molecule has 12 rings (SSSR count). The topological polar surface area (TPSA) is 125 Å². The van der Waals surface area contributed by atoms with Gasteiger partial charge in [-0.2, -0.15) is 0 Å². The first kappa shape index (κ1) is 45.2. The molecule has 8 aliphatic heterocycles. The molecule has 0 N–H and O–H groups in total. The molecule has 0 unspecified atom stereocenters. The number of fused-ring (bicyclic) bond motifs is 8. The number of benzene rings is 2. The molecule has 10 heteroatoms. The molecular formula is C50H62N10. The highest BCUT2D eigenvalue weighted by Crippen LogP contribution is 2.39. The van der Waals surface area contributed by atoms with Gasteiger partial charge in [-0.25, -0.2) is 9.98 Å². The minimum absolute atomic E-state index is 0. The van der Waals surface area contributed by atoms with Gasteiger partial charge in [0.05, 0.1) is 56.9 Å². The van der Waals surface area contributed by atoms with E-state index in [9.17, 15) is 0 Å². The van der Waals surface area contributed by atoms with Gasteiger partial charge >= 0.3 is 0 Å². The first-order chi connectivity index (χ1) is 26.9. The van der Waals surface area contributed by atoms with Gasteiger partial charge in [0, 0.05) is 103 Å². The second kappa shape index (κ2) is 17.8. The summed E-state index contributed by atoms with van der Waals surface area (Å²) in [7, 11) is 0. The Bertz CT molecular complexity index is 2310. The van der Waals surface area contributed by atoms with Crippen molar-refractivity contribution in [1.29, 1.82) is 0 Å². The summed E-state index contributed by atoms with van der Waals surface area (Å²) in [6, 6.07) is 13.0. The fraction of sp³-hybridized carbons (Fsp3) is 0.400. The fourth-order valence-electron chi connectivity index (χ4n) is 8.41. The lowest BCUT2D eigenvalue weighted by atomic mass is 10.0. The summed E-state index contributed by atoms with van der Waals surface area (Å²) < 4.78 is 0. The lowest BCUT2D eigenvalue weighted by molar-refractivity contribution is 1.09. The largest absolute Gasteiger partial charge is 0.257 e. The molecule has 0 atom stereocenters. The van der Waals surface area contributed by atoms with Crippen molar-refractivity contribution < 1.29 is 0 Å². The zero-order valence-electron chi connectivity index (χ0n) is 33.6. The molecule has 0 bridgehead atoms. The summed E-state index contributed by atoms with van der Waals surface area (Å²) in [4.78, 5) is 44.9. The highest BCUT2D eigenvalue weighted by atomic mass is 15.0. The van der Waals surface area contributed by atoms with Crippen LogP contribution in [0.4, 0.5) is 45.6 Å². The van der Waals surface area contributed by atoms with Crippen LogP contribution in [0, 0.1) is 0 Å². The van der Waals surface area contributed by atoms with E-state index in [0.717, 1.165) is 137 Å². The van der Waals surface area contributed by atoms with Crippen LogP contribution in [0.2, 0.25) is 0 Å². The van der Waals surface area contributed by atoms with Crippen LogP contribution in [0.1, 0.15) is 130 Å². The van der Waals surface area contributed by atoms with Crippen molar-refractivity contribution in [1.82, 2.24) is 9.97 Å². The van der Waals surface area contributed by atoms with Crippen LogP contribution in [0.5, 0.6) is 0 Å². The Hall–Kier alpha value is -5.90. The number of pyridine rings is 2. The molecular weight excluding hydrogens is 741 g/mol. The molecule has 2 aromatic heterocycles. The summed E-state index contributed by atoms with van der Waals surface area (Å²) in [6.07, 6.45) is 7.66. The third kappa shape index (κ3) is 9.13. The Morgan fingerprint density at radius 2 is 0.533 bits per heavy atom. The molecule has 60 heavy (non-hydrogen) atoms. The zero-order valence-corrected chi connectivity index (χ0v) is 33.6. The molecule has 0 saturated heterocycles. The smallest absolute Gasteiger partial charge is 0.155 e. The molecule has 8 aliphatic rings. The third-order valence-corrected chi connectivity index (χ3v) is 10.8. The van der Waals surface area contributed by atoms with Crippen molar-refractivity contribution in [3.05, 3.63) is 81.3 Å². The van der Waals surface area contributed by atoms with Gasteiger partial charge in [-0.1, -0.05) is 35.8 Å². The van der Waals surface area contributed by atoms with Crippen molar-refractivity contribution in [2.75, 3.05) is 0 Å². The van der Waals surface area contributed by atoms with E-state index in [2.05, 4.69) is 114 Å². The standard InChI is InChI=1S/2C12H12N2.2C11H11N3.4CH4/c1-7-3-9-5-12-10(4-8(2)14-12)6-11(9)13-7;1-7-3-9-5-10-4-8(2)14-12(10)6-11(9)13-7;1-6-3-8-10(12-6)5-11-9(14-8)4-7(2)13-11;1-6-3-8-5-10-9(4-7(2)12-10)14-11(8)13-6;;;;/h2*5-6H,3-4H2,1-2H3;2*5H,3-4H2,1-2H3;4*1H4. The van der Waals surface area contributed by atoms with E-state index in [1.165, 1.54) is 50.7 Å². The summed E-state index contributed by atoms with van der Waals surface area (Å²) in [6.45, 7) is 16.5. The Morgan fingerprint density at radius 1 is 0.267 bits per heavy atom. The van der Waals surface area contributed by atoms with Gasteiger partial charge in [-0.3, -0.25) is 39.9 Å². The van der Waals surface area contributed by atoms with Crippen LogP contribution in [0.25, 0.3) is 0 Å². The van der Waals surface area contributed by atoms with Gasteiger partial charge in [-0.05, 0) is 108 Å². The van der Waals surface area contributed by atoms with Gasteiger partial charge in [0.2, 0.25) is 0 Å². The first-order valence-electron chi connectivity index (χ1n) is 19.6. The predicted molar refractivity (Wildman–Crippen MR) is 260 cm³/mol. The van der Waals surface area contributed by atoms with Crippen LogP contribution in [0.3, 0.4) is 0 Å². The number of aliphatic imine (C=N–C) groups is 8. The number of nitrogens with zero attached hydrogens (tertiary/aromatic N) is 10. The molecule has 4 aromatic rings. The summed E-state index contributed by atoms with van der Waals surface area (Å²) >= 11 is 0. The molecule has 10 heterocycles. The molecule has 2 aromatic carbocycles. The van der Waals surface area contributed by atoms with Crippen LogP contribution in [-0.4, -0.2) is 55.7 Å². The van der Waals surface area contributed by atoms with E-state index >= 15 is 0 Å². The Kier molecular flexibility index (Phi) is 13.4. The van der Waals surface area contributed by atoms with Crippen LogP contribution < -0.4 is 0 Å². The minimum atomic E-state index is 0. The van der Waals surface area contributed by atoms with E-state index in [4.69, 9.17) is 0 Å². The maximum absolute atomic E-state index is 4.61. The predicted octanol–water partition coefficient (Wildman–Crippen LogP) is 13.3. The highest BCUT2D eigenvalue weighted by molar-refractivity contribution is 5.99. The molecule has 0 saturated carbocycles. The van der Waals surface area contributed by atoms with Gasteiger partial charge < -0.3 is 0 Å². The number of aromatic nitrogens is 2. The molecule has 0 radical (unpaired) electrons. The van der Waals surface area contributed by atoms with Gasteiger partial charge in [-0.15, -0.1) is 0 Å². The van der Waals surface area contributed by atoms with Gasteiger partial charge in [0.25, 0.3) is 0 Å². The van der Waals surface area contributed by atoms with Gasteiger partial charge in [0.1, 0.15) is 0 Å². The molecule has 0 spiro atoms. The number of hydrogen-bond acceptors (Lipinski definition) is 10. The van der Waals surface area contributed by atoms with Crippen LogP contribution in [-0.2, 0) is 51.4 Å². The average Bonchev–Trinajstić information content (AvgIpc) is 3.98. The minimum Gasteiger partial charge on any atom is -0.257 e. The molecule has 312 valence electrons. The van der Waals surface area contributed by atoms with Gasteiger partial charge in [0.15, 0.2) is 5.82 Å². The Labute approximate surface area is 357 Å². The Morgan fingerprint density at radius 3 is 0.967 bits per heavy atom. The van der Waals surface area contributed by atoms with Crippen molar-refractivity contribution >= 4 is 91.3 Å². The van der Waals surface area contributed by atoms with E-state index in [0.29, 0.717) is 0 Å². The highest BCUT2D eigenvalue weighted by Gasteiger charge is 2.23. The van der Waals surface area contributed by atoms with E-state index in [-0.39, 0.29) is 29.7 Å². The van der Waals surface area contributed by atoms with E-state index in [1.54, 1.807) is 0 Å². The lowest BCUT2D eigenvalue weighted by Gasteiger charge is -2.01. The monoisotopic (exact) mass is 803 g/mol. The van der Waals surface area contributed by atoms with Crippen LogP contribution >= 0.6 is 0 Å². The average molecular weight is 803 g/mol. The van der Waals surface area contributed by atoms with E-state index < -0.39 is 0 Å². The SMILES string of the molecule is C.C.C.C.CC1=Nc2cc3c(cc2C1)CC(C)=N3.CC1=Nc2cc3c(cc2C1)N=C(C)C3.CC1=Nc2cc3c(nc2C1)CC(C)=N3.CC1=Nc2cc3c(nc2C1)N=C(C)C3. The fourth-order valence-corrected chi connectivity index (χ4v) is 8.41. The van der Waals surface area contributed by atoms with Crippen LogP contribution in [0.15, 0.2) is 76.3 Å².